The largest absolute Gasteiger partial charge is 0.341 e. The maximum Gasteiger partial charge on any atom is 0.236 e. The van der Waals surface area contributed by atoms with E-state index in [1.165, 1.54) is 12.8 Å². The molecule has 4 nitrogen and oxygen atoms in total. The zero-order chi connectivity index (χ0) is 10.1. The molecule has 2 heterocycles. The van der Waals surface area contributed by atoms with Gasteiger partial charge in [0.15, 0.2) is 0 Å². The average Bonchev–Trinajstić information content (AvgIpc) is 2.66. The molecule has 1 N–H and O–H groups in total. The number of carbonyl (C=O) groups excluding carboxylic acids is 1. The van der Waals surface area contributed by atoms with E-state index in [4.69, 9.17) is 0 Å². The average molecular weight is 197 g/mol. The standard InChI is InChI=1S/C10H19N3O/c1-8-6-13(7-10(14)12(8)2)9-4-3-5-11-9/h8-9,11H,3-7H2,1-2H3. The first-order valence-corrected chi connectivity index (χ1v) is 5.41. The Kier molecular flexibility index (Phi) is 2.74. The summed E-state index contributed by atoms with van der Waals surface area (Å²) in [5.41, 5.74) is 0. The summed E-state index contributed by atoms with van der Waals surface area (Å²) in [6, 6.07) is 0.346. The van der Waals surface area contributed by atoms with Gasteiger partial charge in [-0.25, -0.2) is 0 Å². The van der Waals surface area contributed by atoms with Gasteiger partial charge in [-0.3, -0.25) is 9.69 Å². The van der Waals surface area contributed by atoms with Crippen LogP contribution in [0.4, 0.5) is 0 Å². The van der Waals surface area contributed by atoms with Gasteiger partial charge in [-0.1, -0.05) is 0 Å². The summed E-state index contributed by atoms with van der Waals surface area (Å²) in [7, 11) is 1.90. The monoisotopic (exact) mass is 197 g/mol. The molecule has 2 aliphatic rings. The second-order valence-electron chi connectivity index (χ2n) is 4.40. The van der Waals surface area contributed by atoms with Crippen LogP contribution in [0.5, 0.6) is 0 Å². The van der Waals surface area contributed by atoms with Crippen molar-refractivity contribution in [2.45, 2.75) is 32.0 Å². The molecular formula is C10H19N3O. The summed E-state index contributed by atoms with van der Waals surface area (Å²) in [6.07, 6.45) is 2.86. The molecule has 2 fully saturated rings. The molecule has 0 radical (unpaired) electrons. The van der Waals surface area contributed by atoms with Crippen molar-refractivity contribution >= 4 is 5.91 Å². The molecule has 0 aromatic heterocycles. The first-order valence-electron chi connectivity index (χ1n) is 5.41. The summed E-state index contributed by atoms with van der Waals surface area (Å²) >= 11 is 0. The molecule has 2 saturated heterocycles. The van der Waals surface area contributed by atoms with Gasteiger partial charge >= 0.3 is 0 Å². The maximum atomic E-state index is 11.6. The molecule has 14 heavy (non-hydrogen) atoms. The SMILES string of the molecule is CC1CN(C2CCCN2)CC(=O)N1C. The molecule has 2 rings (SSSR count). The summed E-state index contributed by atoms with van der Waals surface area (Å²) in [6.45, 7) is 4.79. The van der Waals surface area contributed by atoms with Crippen LogP contribution in [0.15, 0.2) is 0 Å². The lowest BCUT2D eigenvalue weighted by molar-refractivity contribution is -0.138. The summed E-state index contributed by atoms with van der Waals surface area (Å²) in [5.74, 6) is 0.248. The number of piperazine rings is 1. The van der Waals surface area contributed by atoms with Crippen LogP contribution < -0.4 is 5.32 Å². The molecule has 2 unspecified atom stereocenters. The predicted molar refractivity (Wildman–Crippen MR) is 54.8 cm³/mol. The van der Waals surface area contributed by atoms with Gasteiger partial charge < -0.3 is 10.2 Å². The van der Waals surface area contributed by atoms with Crippen molar-refractivity contribution in [3.8, 4) is 0 Å². The van der Waals surface area contributed by atoms with E-state index in [0.717, 1.165) is 13.1 Å². The summed E-state index contributed by atoms with van der Waals surface area (Å²) < 4.78 is 0. The summed E-state index contributed by atoms with van der Waals surface area (Å²) in [5, 5.41) is 3.44. The van der Waals surface area contributed by atoms with Gasteiger partial charge in [-0.05, 0) is 26.3 Å². The maximum absolute atomic E-state index is 11.6. The number of rotatable bonds is 1. The van der Waals surface area contributed by atoms with E-state index >= 15 is 0 Å². The lowest BCUT2D eigenvalue weighted by Crippen LogP contribution is -2.58. The van der Waals surface area contributed by atoms with E-state index < -0.39 is 0 Å². The highest BCUT2D eigenvalue weighted by molar-refractivity contribution is 5.79. The molecule has 4 heteroatoms. The molecule has 2 atom stereocenters. The van der Waals surface area contributed by atoms with Crippen LogP contribution in [0.2, 0.25) is 0 Å². The lowest BCUT2D eigenvalue weighted by atomic mass is 10.1. The van der Waals surface area contributed by atoms with Gasteiger partial charge in [-0.2, -0.15) is 0 Å². The zero-order valence-electron chi connectivity index (χ0n) is 8.99. The molecule has 0 aliphatic carbocycles. The van der Waals surface area contributed by atoms with Gasteiger partial charge in [-0.15, -0.1) is 0 Å². The fourth-order valence-corrected chi connectivity index (χ4v) is 2.27. The number of nitrogens with one attached hydrogen (secondary N) is 1. The van der Waals surface area contributed by atoms with Crippen LogP contribution in [-0.4, -0.2) is 54.6 Å². The van der Waals surface area contributed by atoms with Gasteiger partial charge in [0.1, 0.15) is 0 Å². The Bertz CT molecular complexity index is 225. The number of carbonyl (C=O) groups is 1. The van der Waals surface area contributed by atoms with Crippen LogP contribution in [0, 0.1) is 0 Å². The molecule has 2 aliphatic heterocycles. The number of hydrogen-bond donors (Lipinski definition) is 1. The van der Waals surface area contributed by atoms with Crippen LogP contribution >= 0.6 is 0 Å². The molecular weight excluding hydrogens is 178 g/mol. The molecule has 0 aromatic rings. The van der Waals surface area contributed by atoms with E-state index in [9.17, 15) is 4.79 Å². The fourth-order valence-electron chi connectivity index (χ4n) is 2.27. The van der Waals surface area contributed by atoms with Crippen LogP contribution in [0.25, 0.3) is 0 Å². The van der Waals surface area contributed by atoms with Crippen LogP contribution in [0.3, 0.4) is 0 Å². The lowest BCUT2D eigenvalue weighted by Gasteiger charge is -2.40. The number of amides is 1. The van der Waals surface area contributed by atoms with Crippen LogP contribution in [0.1, 0.15) is 19.8 Å². The Morgan fingerprint density at radius 3 is 2.86 bits per heavy atom. The van der Waals surface area contributed by atoms with Crippen molar-refractivity contribution < 1.29 is 4.79 Å². The second kappa shape index (κ2) is 3.87. The van der Waals surface area contributed by atoms with Gasteiger partial charge in [0.25, 0.3) is 0 Å². The normalized spacial score (nSPS) is 35.3. The number of likely N-dealkylation sites (N-methyl/N-ethyl adjacent to an activating group) is 1. The highest BCUT2D eigenvalue weighted by Gasteiger charge is 2.32. The Morgan fingerprint density at radius 2 is 2.29 bits per heavy atom. The Labute approximate surface area is 85.2 Å². The minimum atomic E-state index is 0.248. The van der Waals surface area contributed by atoms with E-state index in [0.29, 0.717) is 18.8 Å². The quantitative estimate of drug-likeness (QED) is 0.635. The first-order chi connectivity index (χ1) is 6.68. The van der Waals surface area contributed by atoms with E-state index in [1.807, 2.05) is 11.9 Å². The highest BCUT2D eigenvalue weighted by atomic mass is 16.2. The van der Waals surface area contributed by atoms with Gasteiger partial charge in [0, 0.05) is 19.6 Å². The predicted octanol–water partition coefficient (Wildman–Crippen LogP) is -0.142. The van der Waals surface area contributed by atoms with Crippen molar-refractivity contribution in [2.75, 3.05) is 26.7 Å². The highest BCUT2D eigenvalue weighted by Crippen LogP contribution is 2.16. The van der Waals surface area contributed by atoms with Crippen molar-refractivity contribution in [1.29, 1.82) is 0 Å². The zero-order valence-corrected chi connectivity index (χ0v) is 8.99. The van der Waals surface area contributed by atoms with Crippen molar-refractivity contribution in [3.63, 3.8) is 0 Å². The summed E-state index contributed by atoms with van der Waals surface area (Å²) in [4.78, 5) is 15.8. The van der Waals surface area contributed by atoms with E-state index in [-0.39, 0.29) is 5.91 Å². The van der Waals surface area contributed by atoms with Gasteiger partial charge in [0.05, 0.1) is 12.7 Å². The number of nitrogens with zero attached hydrogens (tertiary/aromatic N) is 2. The Hall–Kier alpha value is -0.610. The molecule has 0 bridgehead atoms. The third kappa shape index (κ3) is 1.77. The Morgan fingerprint density at radius 1 is 1.50 bits per heavy atom. The molecule has 80 valence electrons. The van der Waals surface area contributed by atoms with E-state index in [1.54, 1.807) is 0 Å². The first kappa shape index (κ1) is 9.93. The molecule has 0 saturated carbocycles. The van der Waals surface area contributed by atoms with Gasteiger partial charge in [0.2, 0.25) is 5.91 Å². The minimum Gasteiger partial charge on any atom is -0.341 e. The van der Waals surface area contributed by atoms with Crippen molar-refractivity contribution in [1.82, 2.24) is 15.1 Å². The van der Waals surface area contributed by atoms with Crippen molar-refractivity contribution in [3.05, 3.63) is 0 Å². The molecule has 1 amide bonds. The molecule has 0 aromatic carbocycles. The Balaban J connectivity index is 1.97. The van der Waals surface area contributed by atoms with Crippen LogP contribution in [-0.2, 0) is 4.79 Å². The topological polar surface area (TPSA) is 35.6 Å². The number of hydrogen-bond acceptors (Lipinski definition) is 3. The smallest absolute Gasteiger partial charge is 0.236 e. The van der Waals surface area contributed by atoms with Crippen molar-refractivity contribution in [2.24, 2.45) is 0 Å². The minimum absolute atomic E-state index is 0.248. The van der Waals surface area contributed by atoms with E-state index in [2.05, 4.69) is 17.1 Å². The second-order valence-corrected chi connectivity index (χ2v) is 4.40. The fraction of sp³-hybridized carbons (Fsp3) is 0.900. The third-order valence-corrected chi connectivity index (χ3v) is 3.37. The molecule has 0 spiro atoms. The third-order valence-electron chi connectivity index (χ3n) is 3.37.